The molecule has 3 rings (SSSR count). The molecule has 0 radical (unpaired) electrons. The molecule has 6 nitrogen and oxygen atoms in total. The molecule has 1 amide bonds. The first-order valence-electron chi connectivity index (χ1n) is 7.76. The molecule has 0 saturated carbocycles. The van der Waals surface area contributed by atoms with Crippen LogP contribution in [0.3, 0.4) is 0 Å². The smallest absolute Gasteiger partial charge is 0.338 e. The number of aromatic nitrogens is 1. The number of nitrogens with zero attached hydrogens (tertiary/aromatic N) is 2. The summed E-state index contributed by atoms with van der Waals surface area (Å²) in [5.74, 6) is -0.302. The second-order valence-corrected chi connectivity index (χ2v) is 6.27. The molecule has 1 aliphatic rings. The molecule has 1 atom stereocenters. The lowest BCUT2D eigenvalue weighted by molar-refractivity contribution is -0.124. The zero-order valence-electron chi connectivity index (χ0n) is 14.1. The molecule has 0 saturated heterocycles. The van der Waals surface area contributed by atoms with Crippen LogP contribution in [0.2, 0.25) is 0 Å². The number of amidine groups is 1. The van der Waals surface area contributed by atoms with Crippen molar-refractivity contribution in [2.45, 2.75) is 26.3 Å². The highest BCUT2D eigenvalue weighted by molar-refractivity contribution is 6.22. The van der Waals surface area contributed by atoms with E-state index in [1.165, 1.54) is 7.11 Å². The molecule has 6 heteroatoms. The molecular formula is C18H19N3O3. The lowest BCUT2D eigenvalue weighted by Crippen LogP contribution is -2.41. The van der Waals surface area contributed by atoms with E-state index in [-0.39, 0.29) is 11.8 Å². The third-order valence-corrected chi connectivity index (χ3v) is 4.58. The topological polar surface area (TPSA) is 80.7 Å². The van der Waals surface area contributed by atoms with E-state index in [2.05, 4.69) is 15.3 Å². The van der Waals surface area contributed by atoms with Crippen LogP contribution in [0.1, 0.15) is 36.7 Å². The van der Waals surface area contributed by atoms with Gasteiger partial charge in [0.2, 0.25) is 0 Å². The van der Waals surface area contributed by atoms with Crippen LogP contribution < -0.4 is 5.32 Å². The lowest BCUT2D eigenvalue weighted by atomic mass is 9.89. The SMILES string of the molecule is COC(=O)c1ccc2cccnc2c1C1=NC(C)(C(C)C)C(=O)N1. The number of benzene rings is 1. The predicted molar refractivity (Wildman–Crippen MR) is 91.0 cm³/mol. The van der Waals surface area contributed by atoms with Gasteiger partial charge in [-0.2, -0.15) is 0 Å². The third kappa shape index (κ3) is 2.35. The van der Waals surface area contributed by atoms with Crippen LogP contribution in [0.5, 0.6) is 0 Å². The van der Waals surface area contributed by atoms with E-state index < -0.39 is 11.5 Å². The van der Waals surface area contributed by atoms with E-state index in [1.807, 2.05) is 26.0 Å². The van der Waals surface area contributed by atoms with Gasteiger partial charge in [-0.05, 0) is 25.0 Å². The number of rotatable bonds is 3. The molecule has 2 aromatic rings. The number of ether oxygens (including phenoxy) is 1. The number of hydrogen-bond donors (Lipinski definition) is 1. The van der Waals surface area contributed by atoms with Crippen LogP contribution in [-0.4, -0.2) is 35.3 Å². The minimum absolute atomic E-state index is 0.0134. The highest BCUT2D eigenvalue weighted by atomic mass is 16.5. The summed E-state index contributed by atoms with van der Waals surface area (Å²) in [4.78, 5) is 33.6. The number of pyridine rings is 1. The standard InChI is InChI=1S/C18H19N3O3/c1-10(2)18(3)17(23)20-15(21-18)13-12(16(22)24-4)8-7-11-6-5-9-19-14(11)13/h5-10H,1-4H3,(H,20,21,23). The monoisotopic (exact) mass is 325 g/mol. The van der Waals surface area contributed by atoms with Gasteiger partial charge in [-0.15, -0.1) is 0 Å². The fourth-order valence-corrected chi connectivity index (χ4v) is 2.72. The fourth-order valence-electron chi connectivity index (χ4n) is 2.72. The first-order chi connectivity index (χ1) is 11.4. The maximum Gasteiger partial charge on any atom is 0.338 e. The van der Waals surface area contributed by atoms with Gasteiger partial charge in [0.05, 0.1) is 23.8 Å². The van der Waals surface area contributed by atoms with E-state index in [0.29, 0.717) is 22.5 Å². The van der Waals surface area contributed by atoms with Gasteiger partial charge in [0.15, 0.2) is 0 Å². The summed E-state index contributed by atoms with van der Waals surface area (Å²) in [5.41, 5.74) is 0.556. The van der Waals surface area contributed by atoms with E-state index in [0.717, 1.165) is 5.39 Å². The van der Waals surface area contributed by atoms with Gasteiger partial charge < -0.3 is 10.1 Å². The van der Waals surface area contributed by atoms with Gasteiger partial charge in [-0.25, -0.2) is 4.79 Å². The Kier molecular flexibility index (Phi) is 3.83. The zero-order valence-corrected chi connectivity index (χ0v) is 14.1. The van der Waals surface area contributed by atoms with Crippen molar-refractivity contribution in [3.63, 3.8) is 0 Å². The van der Waals surface area contributed by atoms with Crippen LogP contribution in [0.4, 0.5) is 0 Å². The quantitative estimate of drug-likeness (QED) is 0.878. The minimum atomic E-state index is -0.875. The van der Waals surface area contributed by atoms with E-state index >= 15 is 0 Å². The summed E-state index contributed by atoms with van der Waals surface area (Å²) < 4.78 is 4.88. The Hall–Kier alpha value is -2.76. The summed E-state index contributed by atoms with van der Waals surface area (Å²) >= 11 is 0. The summed E-state index contributed by atoms with van der Waals surface area (Å²) in [7, 11) is 1.32. The number of carbonyl (C=O) groups is 2. The molecule has 24 heavy (non-hydrogen) atoms. The van der Waals surface area contributed by atoms with Gasteiger partial charge in [0.1, 0.15) is 11.4 Å². The molecule has 0 fully saturated rings. The number of hydrogen-bond acceptors (Lipinski definition) is 5. The highest BCUT2D eigenvalue weighted by Gasteiger charge is 2.43. The normalized spacial score (nSPS) is 20.2. The molecule has 1 N–H and O–H groups in total. The van der Waals surface area contributed by atoms with Gasteiger partial charge in [0, 0.05) is 11.6 Å². The molecule has 1 aliphatic heterocycles. The molecule has 0 bridgehead atoms. The van der Waals surface area contributed by atoms with E-state index in [9.17, 15) is 9.59 Å². The van der Waals surface area contributed by atoms with Gasteiger partial charge >= 0.3 is 5.97 Å². The van der Waals surface area contributed by atoms with Crippen LogP contribution in [0.25, 0.3) is 10.9 Å². The number of fused-ring (bicyclic) bond motifs is 1. The molecule has 0 spiro atoms. The summed E-state index contributed by atoms with van der Waals surface area (Å²) in [5, 5.41) is 3.67. The number of esters is 1. The Bertz CT molecular complexity index is 873. The van der Waals surface area contributed by atoms with Crippen LogP contribution in [0.15, 0.2) is 35.5 Å². The molecular weight excluding hydrogens is 306 g/mol. The van der Waals surface area contributed by atoms with E-state index in [1.54, 1.807) is 25.3 Å². The summed E-state index contributed by atoms with van der Waals surface area (Å²) in [6.45, 7) is 5.67. The average molecular weight is 325 g/mol. The Labute approximate surface area is 139 Å². The fraction of sp³-hybridized carbons (Fsp3) is 0.333. The Morgan fingerprint density at radius 3 is 2.67 bits per heavy atom. The van der Waals surface area contributed by atoms with Crippen LogP contribution >= 0.6 is 0 Å². The van der Waals surface area contributed by atoms with E-state index in [4.69, 9.17) is 4.74 Å². The molecule has 1 unspecified atom stereocenters. The number of amides is 1. The molecule has 1 aromatic heterocycles. The second kappa shape index (κ2) is 5.70. The Morgan fingerprint density at radius 2 is 2.04 bits per heavy atom. The molecule has 2 heterocycles. The van der Waals surface area contributed by atoms with Gasteiger partial charge in [-0.1, -0.05) is 26.0 Å². The first-order valence-corrected chi connectivity index (χ1v) is 7.76. The van der Waals surface area contributed by atoms with Crippen molar-refractivity contribution >= 4 is 28.6 Å². The zero-order chi connectivity index (χ0) is 17.5. The largest absolute Gasteiger partial charge is 0.465 e. The van der Waals surface area contributed by atoms with Crippen LogP contribution in [-0.2, 0) is 9.53 Å². The van der Waals surface area contributed by atoms with Crippen LogP contribution in [0, 0.1) is 5.92 Å². The van der Waals surface area contributed by atoms with Crippen molar-refractivity contribution in [3.05, 3.63) is 41.6 Å². The number of nitrogens with one attached hydrogen (secondary N) is 1. The predicted octanol–water partition coefficient (Wildman–Crippen LogP) is 2.31. The van der Waals surface area contributed by atoms with Crippen molar-refractivity contribution < 1.29 is 14.3 Å². The Morgan fingerprint density at radius 1 is 1.29 bits per heavy atom. The number of carbonyl (C=O) groups excluding carboxylic acids is 2. The van der Waals surface area contributed by atoms with Gasteiger partial charge in [0.25, 0.3) is 5.91 Å². The maximum absolute atomic E-state index is 12.4. The summed E-state index contributed by atoms with van der Waals surface area (Å²) in [6, 6.07) is 7.19. The Balaban J connectivity index is 2.29. The maximum atomic E-state index is 12.4. The first kappa shape index (κ1) is 16.1. The average Bonchev–Trinajstić information content (AvgIpc) is 2.89. The minimum Gasteiger partial charge on any atom is -0.465 e. The second-order valence-electron chi connectivity index (χ2n) is 6.27. The van der Waals surface area contributed by atoms with Crippen molar-refractivity contribution in [2.24, 2.45) is 10.9 Å². The van der Waals surface area contributed by atoms with Crippen molar-refractivity contribution in [3.8, 4) is 0 Å². The lowest BCUT2D eigenvalue weighted by Gasteiger charge is -2.21. The number of methoxy groups -OCH3 is 1. The summed E-state index contributed by atoms with van der Waals surface area (Å²) in [6.07, 6.45) is 1.64. The molecule has 1 aromatic carbocycles. The highest BCUT2D eigenvalue weighted by Crippen LogP contribution is 2.30. The number of aliphatic imine (C=N–C) groups is 1. The van der Waals surface area contributed by atoms with Crippen molar-refractivity contribution in [1.82, 2.24) is 10.3 Å². The third-order valence-electron chi connectivity index (χ3n) is 4.58. The molecule has 124 valence electrons. The van der Waals surface area contributed by atoms with Crippen molar-refractivity contribution in [1.29, 1.82) is 0 Å². The molecule has 0 aliphatic carbocycles. The van der Waals surface area contributed by atoms with Gasteiger partial charge in [-0.3, -0.25) is 14.8 Å². The van der Waals surface area contributed by atoms with Crippen molar-refractivity contribution in [2.75, 3.05) is 7.11 Å².